The Morgan fingerprint density at radius 2 is 2.11 bits per heavy atom. The van der Waals surface area contributed by atoms with Crippen molar-refractivity contribution < 1.29 is 14.3 Å². The summed E-state index contributed by atoms with van der Waals surface area (Å²) in [6, 6.07) is 1.67. The number of piperidine rings is 2. The summed E-state index contributed by atoms with van der Waals surface area (Å²) in [5.41, 5.74) is 0.674. The van der Waals surface area contributed by atoms with Gasteiger partial charge in [-0.1, -0.05) is 11.6 Å². The number of carbonyl (C=O) groups is 2. The molecule has 3 aliphatic rings. The Morgan fingerprint density at radius 1 is 1.30 bits per heavy atom. The number of aromatic nitrogens is 1. The Morgan fingerprint density at radius 3 is 2.81 bits per heavy atom. The van der Waals surface area contributed by atoms with Gasteiger partial charge >= 0.3 is 0 Å². The molecular formula is C20H26ClN3O3. The Kier molecular flexibility index (Phi) is 5.37. The Bertz CT molecular complexity index is 712. The summed E-state index contributed by atoms with van der Waals surface area (Å²) < 4.78 is 5.72. The van der Waals surface area contributed by atoms with Gasteiger partial charge in [-0.25, -0.2) is 0 Å². The minimum Gasteiger partial charge on any atom is -0.376 e. The maximum Gasteiger partial charge on any atom is 0.255 e. The zero-order valence-corrected chi connectivity index (χ0v) is 16.3. The first-order valence-corrected chi connectivity index (χ1v) is 10.2. The number of carbonyl (C=O) groups excluding carboxylic acids is 2. The Hall–Kier alpha value is -1.66. The molecule has 0 radical (unpaired) electrons. The highest BCUT2D eigenvalue weighted by atomic mass is 35.5. The summed E-state index contributed by atoms with van der Waals surface area (Å²) in [6.45, 7) is 3.76. The van der Waals surface area contributed by atoms with Crippen molar-refractivity contribution in [3.63, 3.8) is 0 Å². The van der Waals surface area contributed by atoms with E-state index in [2.05, 4.69) is 4.98 Å². The molecule has 27 heavy (non-hydrogen) atoms. The van der Waals surface area contributed by atoms with Gasteiger partial charge < -0.3 is 14.5 Å². The number of ether oxygens (including phenoxy) is 1. The Labute approximate surface area is 164 Å². The van der Waals surface area contributed by atoms with Crippen molar-refractivity contribution in [3.8, 4) is 0 Å². The van der Waals surface area contributed by atoms with Gasteiger partial charge in [0.15, 0.2) is 0 Å². The van der Waals surface area contributed by atoms with Crippen LogP contribution in [-0.2, 0) is 9.53 Å². The van der Waals surface area contributed by atoms with E-state index >= 15 is 0 Å². The molecule has 0 N–H and O–H groups in total. The third-order valence-corrected chi connectivity index (χ3v) is 6.47. The molecule has 0 aromatic carbocycles. The van der Waals surface area contributed by atoms with Crippen molar-refractivity contribution >= 4 is 23.4 Å². The topological polar surface area (TPSA) is 62.7 Å². The number of pyridine rings is 1. The zero-order chi connectivity index (χ0) is 18.9. The van der Waals surface area contributed by atoms with Gasteiger partial charge in [-0.15, -0.1) is 0 Å². The molecule has 7 heteroatoms. The first kappa shape index (κ1) is 18.7. The molecule has 4 heterocycles. The van der Waals surface area contributed by atoms with Crippen LogP contribution in [0.1, 0.15) is 48.9 Å². The van der Waals surface area contributed by atoms with Gasteiger partial charge in [-0.2, -0.15) is 0 Å². The maximum absolute atomic E-state index is 12.7. The van der Waals surface area contributed by atoms with Crippen molar-refractivity contribution in [3.05, 3.63) is 29.0 Å². The highest BCUT2D eigenvalue weighted by Crippen LogP contribution is 2.40. The van der Waals surface area contributed by atoms with E-state index in [-0.39, 0.29) is 23.3 Å². The number of rotatable bonds is 3. The summed E-state index contributed by atoms with van der Waals surface area (Å²) in [6.07, 6.45) is 8.84. The molecule has 146 valence electrons. The van der Waals surface area contributed by atoms with Crippen LogP contribution in [0, 0.1) is 5.41 Å². The summed E-state index contributed by atoms with van der Waals surface area (Å²) in [4.78, 5) is 33.0. The summed E-state index contributed by atoms with van der Waals surface area (Å²) >= 11 is 5.96. The van der Waals surface area contributed by atoms with Crippen LogP contribution in [0.25, 0.3) is 0 Å². The van der Waals surface area contributed by atoms with E-state index in [0.717, 1.165) is 51.8 Å². The lowest BCUT2D eigenvalue weighted by Crippen LogP contribution is -2.53. The molecule has 0 unspecified atom stereocenters. The number of hydrogen-bond donors (Lipinski definition) is 0. The second-order valence-electron chi connectivity index (χ2n) is 8.09. The van der Waals surface area contributed by atoms with E-state index in [1.54, 1.807) is 12.3 Å². The van der Waals surface area contributed by atoms with Crippen molar-refractivity contribution in [1.29, 1.82) is 0 Å². The van der Waals surface area contributed by atoms with Crippen LogP contribution in [0.4, 0.5) is 0 Å². The molecule has 4 rings (SSSR count). The van der Waals surface area contributed by atoms with Gasteiger partial charge in [0.2, 0.25) is 5.91 Å². The lowest BCUT2D eigenvalue weighted by Gasteiger charge is -2.47. The monoisotopic (exact) mass is 391 g/mol. The largest absolute Gasteiger partial charge is 0.376 e. The van der Waals surface area contributed by atoms with Crippen LogP contribution < -0.4 is 0 Å². The number of amides is 2. The van der Waals surface area contributed by atoms with Gasteiger partial charge in [0, 0.05) is 51.6 Å². The molecule has 1 aromatic rings. The van der Waals surface area contributed by atoms with Gasteiger partial charge in [-0.05, 0) is 43.6 Å². The van der Waals surface area contributed by atoms with Crippen molar-refractivity contribution in [1.82, 2.24) is 14.8 Å². The zero-order valence-electron chi connectivity index (χ0n) is 15.5. The fourth-order valence-corrected chi connectivity index (χ4v) is 4.78. The normalized spacial score (nSPS) is 25.2. The first-order valence-electron chi connectivity index (χ1n) is 9.84. The first-order chi connectivity index (χ1) is 13.0. The van der Waals surface area contributed by atoms with E-state index < -0.39 is 0 Å². The maximum atomic E-state index is 12.7. The minimum atomic E-state index is -0.0112. The highest BCUT2D eigenvalue weighted by molar-refractivity contribution is 6.30. The molecule has 0 bridgehead atoms. The second kappa shape index (κ2) is 7.76. The second-order valence-corrected chi connectivity index (χ2v) is 8.53. The lowest BCUT2D eigenvalue weighted by molar-refractivity contribution is -0.141. The van der Waals surface area contributed by atoms with E-state index in [0.29, 0.717) is 30.1 Å². The molecule has 0 aliphatic carbocycles. The van der Waals surface area contributed by atoms with E-state index in [1.807, 2.05) is 9.80 Å². The van der Waals surface area contributed by atoms with Crippen LogP contribution in [-0.4, -0.2) is 65.5 Å². The quantitative estimate of drug-likeness (QED) is 0.794. The molecule has 3 fully saturated rings. The summed E-state index contributed by atoms with van der Waals surface area (Å²) in [5.74, 6) is 0.239. The average Bonchev–Trinajstić information content (AvgIpc) is 3.18. The van der Waals surface area contributed by atoms with Crippen LogP contribution >= 0.6 is 11.6 Å². The molecule has 3 saturated heterocycles. The van der Waals surface area contributed by atoms with Crippen LogP contribution in [0.5, 0.6) is 0 Å². The molecule has 6 nitrogen and oxygen atoms in total. The summed E-state index contributed by atoms with van der Waals surface area (Å²) in [7, 11) is 0. The van der Waals surface area contributed by atoms with Gasteiger partial charge in [0.05, 0.1) is 16.7 Å². The third kappa shape index (κ3) is 4.11. The van der Waals surface area contributed by atoms with E-state index in [1.165, 1.54) is 6.20 Å². The highest BCUT2D eigenvalue weighted by Gasteiger charge is 2.42. The van der Waals surface area contributed by atoms with Crippen molar-refractivity contribution in [2.45, 2.75) is 44.6 Å². The van der Waals surface area contributed by atoms with Crippen molar-refractivity contribution in [2.24, 2.45) is 5.41 Å². The molecule has 2 amide bonds. The SMILES string of the molecule is O=C1CCC2(CCN(C(=O)c3cncc(Cl)c3)CC2)CN1C[C@@H]1CCCO1. The van der Waals surface area contributed by atoms with Gasteiger partial charge in [0.25, 0.3) is 5.91 Å². The fraction of sp³-hybridized carbons (Fsp3) is 0.650. The Balaban J connectivity index is 1.37. The van der Waals surface area contributed by atoms with Gasteiger partial charge in [-0.3, -0.25) is 14.6 Å². The smallest absolute Gasteiger partial charge is 0.255 e. The number of nitrogens with zero attached hydrogens (tertiary/aromatic N) is 3. The average molecular weight is 392 g/mol. The van der Waals surface area contributed by atoms with Crippen LogP contribution in [0.2, 0.25) is 5.02 Å². The molecule has 3 aliphatic heterocycles. The van der Waals surface area contributed by atoms with Crippen molar-refractivity contribution in [2.75, 3.05) is 32.8 Å². The van der Waals surface area contributed by atoms with Crippen LogP contribution in [0.15, 0.2) is 18.5 Å². The van der Waals surface area contributed by atoms with E-state index in [4.69, 9.17) is 16.3 Å². The predicted molar refractivity (Wildman–Crippen MR) is 102 cm³/mol. The molecule has 1 spiro atoms. The minimum absolute atomic E-state index is 0.0112. The predicted octanol–water partition coefficient (Wildman–Crippen LogP) is 2.76. The molecular weight excluding hydrogens is 366 g/mol. The summed E-state index contributed by atoms with van der Waals surface area (Å²) in [5, 5.41) is 0.477. The molecule has 1 aromatic heterocycles. The molecule has 0 saturated carbocycles. The molecule has 1 atom stereocenters. The number of halogens is 1. The standard InChI is InChI=1S/C20H26ClN3O3/c21-16-10-15(11-22-12-16)19(26)23-7-5-20(6-8-23)4-3-18(25)24(14-20)13-17-2-1-9-27-17/h10-12,17H,1-9,13-14H2/t17-/m0/s1. The van der Waals surface area contributed by atoms with Crippen LogP contribution in [0.3, 0.4) is 0 Å². The van der Waals surface area contributed by atoms with E-state index in [9.17, 15) is 9.59 Å². The fourth-order valence-electron chi connectivity index (χ4n) is 4.61. The van der Waals surface area contributed by atoms with Gasteiger partial charge in [0.1, 0.15) is 0 Å². The number of likely N-dealkylation sites (tertiary alicyclic amines) is 2. The third-order valence-electron chi connectivity index (χ3n) is 6.26. The number of hydrogen-bond acceptors (Lipinski definition) is 4. The lowest BCUT2D eigenvalue weighted by atomic mass is 9.72.